The lowest BCUT2D eigenvalue weighted by molar-refractivity contribution is -0.200. The molecule has 2 aliphatic rings. The summed E-state index contributed by atoms with van der Waals surface area (Å²) in [6, 6.07) is 3.43. The number of carbonyl (C=O) groups excluding carboxylic acids is 1. The highest BCUT2D eigenvalue weighted by Crippen LogP contribution is 2.32. The predicted molar refractivity (Wildman–Crippen MR) is 92.8 cm³/mol. The normalized spacial score (nSPS) is 31.0. The Hall–Kier alpha value is -0.650. The summed E-state index contributed by atoms with van der Waals surface area (Å²) in [4.78, 5) is 12.6. The molecule has 6 heteroatoms. The molecule has 0 amide bonds. The number of carbonyl (C=O) groups is 1. The molecule has 1 aromatic rings. The first-order valence-corrected chi connectivity index (χ1v) is 9.06. The van der Waals surface area contributed by atoms with E-state index in [1.54, 1.807) is 12.1 Å². The Morgan fingerprint density at radius 1 is 1.04 bits per heavy atom. The smallest absolute Gasteiger partial charge is 0.222 e. The zero-order chi connectivity index (χ0) is 17.3. The van der Waals surface area contributed by atoms with E-state index in [1.165, 1.54) is 0 Å². The van der Waals surface area contributed by atoms with E-state index in [2.05, 4.69) is 6.92 Å². The van der Waals surface area contributed by atoms with Gasteiger partial charge in [0.1, 0.15) is 0 Å². The summed E-state index contributed by atoms with van der Waals surface area (Å²) in [7, 11) is 0. The zero-order valence-electron chi connectivity index (χ0n) is 13.9. The number of hydrogen-bond acceptors (Lipinski definition) is 4. The molecule has 3 rings (SSSR count). The molecule has 2 atom stereocenters. The van der Waals surface area contributed by atoms with E-state index in [-0.39, 0.29) is 22.8 Å². The van der Waals surface area contributed by atoms with E-state index in [9.17, 15) is 4.79 Å². The van der Waals surface area contributed by atoms with Gasteiger partial charge in [0.25, 0.3) is 0 Å². The van der Waals surface area contributed by atoms with E-state index in [4.69, 9.17) is 37.4 Å². The van der Waals surface area contributed by atoms with Crippen molar-refractivity contribution in [3.63, 3.8) is 0 Å². The van der Waals surface area contributed by atoms with Crippen molar-refractivity contribution in [3.8, 4) is 0 Å². The fraction of sp³-hybridized carbons (Fsp3) is 0.611. The zero-order valence-corrected chi connectivity index (χ0v) is 15.4. The van der Waals surface area contributed by atoms with Crippen LogP contribution in [-0.4, -0.2) is 38.0 Å². The molecule has 132 valence electrons. The molecule has 0 aliphatic carbocycles. The fourth-order valence-corrected chi connectivity index (χ4v) is 3.59. The highest BCUT2D eigenvalue weighted by atomic mass is 35.5. The van der Waals surface area contributed by atoms with Gasteiger partial charge in [0, 0.05) is 18.1 Å². The van der Waals surface area contributed by atoms with E-state index in [0.717, 1.165) is 25.0 Å². The Morgan fingerprint density at radius 2 is 1.75 bits per heavy atom. The summed E-state index contributed by atoms with van der Waals surface area (Å²) in [6.45, 7) is 5.71. The van der Waals surface area contributed by atoms with Crippen LogP contribution in [-0.2, 0) is 14.2 Å². The Kier molecular flexibility index (Phi) is 5.83. The van der Waals surface area contributed by atoms with Gasteiger partial charge in [0.2, 0.25) is 12.1 Å². The molecular formula is C18H22Cl2O4. The van der Waals surface area contributed by atoms with Crippen molar-refractivity contribution in [3.05, 3.63) is 33.3 Å². The van der Waals surface area contributed by atoms with Crippen LogP contribution in [0.1, 0.15) is 35.7 Å². The summed E-state index contributed by atoms with van der Waals surface area (Å²) in [6.07, 6.45) is 1.38. The van der Waals surface area contributed by atoms with Crippen LogP contribution in [0.4, 0.5) is 0 Å². The van der Waals surface area contributed by atoms with E-state index < -0.39 is 6.29 Å². The standard InChI is InChI=1S/C18H22Cl2O4/c1-10-3-6-14(22-7-10)12-8-23-18(24-9-12)17(21)13-5-4-11(2)15(19)16(13)20/h4-5,10,12,14,18H,3,6-9H2,1-2H3/t10?,12?,14-,18?/m0/s1. The van der Waals surface area contributed by atoms with Gasteiger partial charge < -0.3 is 14.2 Å². The Balaban J connectivity index is 1.60. The summed E-state index contributed by atoms with van der Waals surface area (Å²) in [5, 5.41) is 0.640. The van der Waals surface area contributed by atoms with Gasteiger partial charge in [-0.05, 0) is 37.3 Å². The van der Waals surface area contributed by atoms with E-state index >= 15 is 0 Å². The average Bonchev–Trinajstić information content (AvgIpc) is 2.60. The molecule has 0 N–H and O–H groups in total. The Labute approximate surface area is 152 Å². The van der Waals surface area contributed by atoms with Crippen molar-refractivity contribution in [1.82, 2.24) is 0 Å². The molecule has 2 fully saturated rings. The second-order valence-electron chi connectivity index (χ2n) is 6.74. The van der Waals surface area contributed by atoms with Gasteiger partial charge in [-0.15, -0.1) is 0 Å². The Bertz CT molecular complexity index is 603. The quantitative estimate of drug-likeness (QED) is 0.742. The lowest BCUT2D eigenvalue weighted by Gasteiger charge is -2.36. The van der Waals surface area contributed by atoms with Crippen LogP contribution >= 0.6 is 23.2 Å². The van der Waals surface area contributed by atoms with Crippen molar-refractivity contribution >= 4 is 29.0 Å². The largest absolute Gasteiger partial charge is 0.377 e. The van der Waals surface area contributed by atoms with Crippen LogP contribution in [0.25, 0.3) is 0 Å². The van der Waals surface area contributed by atoms with E-state index in [1.807, 2.05) is 6.92 Å². The maximum Gasteiger partial charge on any atom is 0.222 e. The van der Waals surface area contributed by atoms with Gasteiger partial charge in [0.05, 0.1) is 29.4 Å². The Morgan fingerprint density at radius 3 is 2.38 bits per heavy atom. The van der Waals surface area contributed by atoms with Crippen molar-refractivity contribution in [2.24, 2.45) is 11.8 Å². The average molecular weight is 373 g/mol. The minimum absolute atomic E-state index is 0.148. The van der Waals surface area contributed by atoms with Crippen LogP contribution in [0.2, 0.25) is 10.0 Å². The molecule has 0 radical (unpaired) electrons. The maximum atomic E-state index is 12.6. The summed E-state index contributed by atoms with van der Waals surface area (Å²) in [5.74, 6) is 0.478. The monoisotopic (exact) mass is 372 g/mol. The van der Waals surface area contributed by atoms with Crippen LogP contribution in [0.5, 0.6) is 0 Å². The molecule has 4 nitrogen and oxygen atoms in total. The lowest BCUT2D eigenvalue weighted by Crippen LogP contribution is -2.44. The molecule has 0 saturated carbocycles. The van der Waals surface area contributed by atoms with Gasteiger partial charge in [-0.3, -0.25) is 4.79 Å². The molecule has 1 unspecified atom stereocenters. The molecule has 0 aromatic heterocycles. The van der Waals surface area contributed by atoms with Crippen molar-refractivity contribution in [2.75, 3.05) is 19.8 Å². The summed E-state index contributed by atoms with van der Waals surface area (Å²) in [5.41, 5.74) is 1.16. The highest BCUT2D eigenvalue weighted by Gasteiger charge is 2.35. The first-order chi connectivity index (χ1) is 11.5. The lowest BCUT2D eigenvalue weighted by atomic mass is 9.92. The number of aryl methyl sites for hydroxylation is 1. The molecule has 0 spiro atoms. The number of rotatable bonds is 3. The molecule has 0 bridgehead atoms. The predicted octanol–water partition coefficient (Wildman–Crippen LogP) is 4.29. The molecular weight excluding hydrogens is 351 g/mol. The van der Waals surface area contributed by atoms with Gasteiger partial charge in [-0.1, -0.05) is 36.2 Å². The molecule has 1 aromatic carbocycles. The molecule has 2 saturated heterocycles. The third kappa shape index (κ3) is 3.78. The van der Waals surface area contributed by atoms with E-state index in [0.29, 0.717) is 29.7 Å². The van der Waals surface area contributed by atoms with Crippen LogP contribution < -0.4 is 0 Å². The molecule has 2 heterocycles. The highest BCUT2D eigenvalue weighted by molar-refractivity contribution is 6.44. The SMILES string of the molecule is Cc1ccc(C(=O)C2OCC([C@@H]3CCC(C)CO3)CO2)c(Cl)c1Cl. The van der Waals surface area contributed by atoms with Crippen LogP contribution in [0, 0.1) is 18.8 Å². The molecule has 2 aliphatic heterocycles. The number of benzene rings is 1. The second kappa shape index (κ2) is 7.71. The van der Waals surface area contributed by atoms with Gasteiger partial charge in [-0.2, -0.15) is 0 Å². The van der Waals surface area contributed by atoms with Crippen LogP contribution in [0.15, 0.2) is 12.1 Å². The first-order valence-electron chi connectivity index (χ1n) is 8.31. The third-order valence-corrected chi connectivity index (χ3v) is 5.72. The topological polar surface area (TPSA) is 44.8 Å². The number of hydrogen-bond donors (Lipinski definition) is 0. The minimum atomic E-state index is -0.931. The first kappa shape index (κ1) is 18.2. The fourth-order valence-electron chi connectivity index (χ4n) is 3.12. The van der Waals surface area contributed by atoms with Crippen molar-refractivity contribution < 1.29 is 19.0 Å². The third-order valence-electron chi connectivity index (χ3n) is 4.74. The van der Waals surface area contributed by atoms with Crippen molar-refractivity contribution in [2.45, 2.75) is 39.1 Å². The molecule has 24 heavy (non-hydrogen) atoms. The summed E-state index contributed by atoms with van der Waals surface area (Å²) < 4.78 is 17.2. The van der Waals surface area contributed by atoms with Gasteiger partial charge >= 0.3 is 0 Å². The van der Waals surface area contributed by atoms with Crippen LogP contribution in [0.3, 0.4) is 0 Å². The number of ketones is 1. The number of Topliss-reactive ketones (excluding diaryl/α,β-unsaturated/α-hetero) is 1. The van der Waals surface area contributed by atoms with Gasteiger partial charge in [-0.25, -0.2) is 0 Å². The minimum Gasteiger partial charge on any atom is -0.377 e. The second-order valence-corrected chi connectivity index (χ2v) is 7.49. The summed E-state index contributed by atoms with van der Waals surface area (Å²) >= 11 is 12.3. The number of halogens is 2. The number of ether oxygens (including phenoxy) is 3. The van der Waals surface area contributed by atoms with Gasteiger partial charge in [0.15, 0.2) is 0 Å². The van der Waals surface area contributed by atoms with Crippen molar-refractivity contribution in [1.29, 1.82) is 0 Å². The maximum absolute atomic E-state index is 12.6.